The number of hydrogen-bond donors (Lipinski definition) is 1. The van der Waals surface area contributed by atoms with Crippen LogP contribution in [0.2, 0.25) is 0 Å². The van der Waals surface area contributed by atoms with Crippen LogP contribution in [-0.4, -0.2) is 19.6 Å². The van der Waals surface area contributed by atoms with Gasteiger partial charge in [-0.25, -0.2) is 9.97 Å². The summed E-state index contributed by atoms with van der Waals surface area (Å²) in [6.07, 6.45) is 0. The maximum atomic E-state index is 11.1. The summed E-state index contributed by atoms with van der Waals surface area (Å²) in [6, 6.07) is 57.9. The SMILES string of the molecule is Oc1cccc2c(-c3ccccc3)cc(-c3cccc4c3nc(-c3cccc5c3[n-]c3ccccc35)n4-c3cccc(-c4ccccc4)c3)nc12.[Pt]. The van der Waals surface area contributed by atoms with Gasteiger partial charge < -0.3 is 10.1 Å². The molecule has 0 saturated carbocycles. The number of phenols is 1. The van der Waals surface area contributed by atoms with Crippen molar-refractivity contribution in [3.05, 3.63) is 170 Å². The van der Waals surface area contributed by atoms with Gasteiger partial charge in [0.2, 0.25) is 0 Å². The van der Waals surface area contributed by atoms with Crippen molar-refractivity contribution in [2.75, 3.05) is 0 Å². The largest absolute Gasteiger partial charge is 0.656 e. The molecule has 3 aromatic heterocycles. The Morgan fingerprint density at radius 3 is 1.98 bits per heavy atom. The standard InChI is InChI=1S/C46H29N4O.Pt/c51-42-26-12-21-35-38(30-15-5-2-6-16-30)28-40(48-45(35)42)36-22-11-25-41-44(36)49-46(37-23-10-20-34-33-19-7-8-24-39(33)47-43(34)37)50(41)32-18-9-17-31(27-32)29-13-3-1-4-14-29;/h1-28H,(H-,47,48,49,51);/q-1;. The summed E-state index contributed by atoms with van der Waals surface area (Å²) >= 11 is 0. The molecule has 6 heteroatoms. The fraction of sp³-hybridized carbons (Fsp3) is 0. The van der Waals surface area contributed by atoms with E-state index in [2.05, 4.69) is 126 Å². The van der Waals surface area contributed by atoms with E-state index < -0.39 is 0 Å². The molecule has 0 amide bonds. The van der Waals surface area contributed by atoms with Crippen molar-refractivity contribution in [1.82, 2.24) is 19.5 Å². The molecule has 3 heterocycles. The van der Waals surface area contributed by atoms with Crippen molar-refractivity contribution in [3.8, 4) is 56.3 Å². The van der Waals surface area contributed by atoms with Gasteiger partial charge in [-0.3, -0.25) is 4.57 Å². The Morgan fingerprint density at radius 1 is 0.481 bits per heavy atom. The minimum absolute atomic E-state index is 0. The first-order chi connectivity index (χ1) is 25.2. The van der Waals surface area contributed by atoms with Gasteiger partial charge >= 0.3 is 0 Å². The molecule has 0 radical (unpaired) electrons. The van der Waals surface area contributed by atoms with Gasteiger partial charge in [0.25, 0.3) is 0 Å². The van der Waals surface area contributed by atoms with Crippen molar-refractivity contribution in [1.29, 1.82) is 0 Å². The molecule has 52 heavy (non-hydrogen) atoms. The van der Waals surface area contributed by atoms with Gasteiger partial charge in [-0.15, -0.1) is 11.0 Å². The fourth-order valence-electron chi connectivity index (χ4n) is 7.41. The van der Waals surface area contributed by atoms with Gasteiger partial charge in [-0.2, -0.15) is 0 Å². The molecule has 10 aromatic rings. The van der Waals surface area contributed by atoms with Crippen LogP contribution < -0.4 is 4.98 Å². The number of fused-ring (bicyclic) bond motifs is 5. The maximum absolute atomic E-state index is 11.1. The predicted molar refractivity (Wildman–Crippen MR) is 208 cm³/mol. The Bertz CT molecular complexity index is 2930. The van der Waals surface area contributed by atoms with E-state index in [4.69, 9.17) is 15.0 Å². The van der Waals surface area contributed by atoms with Gasteiger partial charge in [0.15, 0.2) is 0 Å². The average Bonchev–Trinajstić information content (AvgIpc) is 3.78. The Balaban J connectivity index is 0.00000360. The summed E-state index contributed by atoms with van der Waals surface area (Å²) < 4.78 is 2.25. The first-order valence-corrected chi connectivity index (χ1v) is 17.0. The number of aromatic nitrogens is 4. The molecular formula is C46H29N4OPt-. The van der Waals surface area contributed by atoms with Crippen molar-refractivity contribution < 1.29 is 26.2 Å². The summed E-state index contributed by atoms with van der Waals surface area (Å²) in [5.41, 5.74) is 12.0. The monoisotopic (exact) mass is 848 g/mol. The molecule has 0 aliphatic heterocycles. The molecule has 0 saturated heterocycles. The van der Waals surface area contributed by atoms with E-state index in [0.717, 1.165) is 88.8 Å². The molecule has 5 nitrogen and oxygen atoms in total. The number of pyridine rings is 1. The smallest absolute Gasteiger partial charge is 0.144 e. The van der Waals surface area contributed by atoms with Crippen LogP contribution in [0.1, 0.15) is 0 Å². The fourth-order valence-corrected chi connectivity index (χ4v) is 7.41. The molecule has 250 valence electrons. The van der Waals surface area contributed by atoms with Gasteiger partial charge in [0.1, 0.15) is 17.1 Å². The molecule has 0 unspecified atom stereocenters. The Hall–Kier alpha value is -6.29. The molecule has 0 aliphatic carbocycles. The van der Waals surface area contributed by atoms with Crippen molar-refractivity contribution >= 4 is 43.7 Å². The third-order valence-electron chi connectivity index (χ3n) is 9.78. The number of aromatic hydroxyl groups is 1. The van der Waals surface area contributed by atoms with Gasteiger partial charge in [0, 0.05) is 43.3 Å². The molecule has 0 atom stereocenters. The third kappa shape index (κ3) is 5.13. The van der Waals surface area contributed by atoms with E-state index in [1.807, 2.05) is 42.5 Å². The molecule has 0 spiro atoms. The van der Waals surface area contributed by atoms with Crippen LogP contribution in [0.5, 0.6) is 5.75 Å². The van der Waals surface area contributed by atoms with Crippen molar-refractivity contribution in [2.45, 2.75) is 0 Å². The van der Waals surface area contributed by atoms with Crippen LogP contribution in [0.4, 0.5) is 0 Å². The second kappa shape index (κ2) is 12.8. The van der Waals surface area contributed by atoms with Gasteiger partial charge in [-0.05, 0) is 63.4 Å². The summed E-state index contributed by atoms with van der Waals surface area (Å²) in [5.74, 6) is 0.937. The summed E-state index contributed by atoms with van der Waals surface area (Å²) in [4.78, 5) is 15.7. The summed E-state index contributed by atoms with van der Waals surface area (Å²) in [7, 11) is 0. The second-order valence-corrected chi connectivity index (χ2v) is 12.8. The quantitative estimate of drug-likeness (QED) is 0.187. The number of para-hydroxylation sites is 4. The van der Waals surface area contributed by atoms with E-state index in [0.29, 0.717) is 5.52 Å². The van der Waals surface area contributed by atoms with Crippen LogP contribution >= 0.6 is 0 Å². The zero-order chi connectivity index (χ0) is 33.9. The van der Waals surface area contributed by atoms with Crippen molar-refractivity contribution in [2.24, 2.45) is 0 Å². The minimum Gasteiger partial charge on any atom is -0.656 e. The van der Waals surface area contributed by atoms with Gasteiger partial charge in [0.05, 0.1) is 16.7 Å². The second-order valence-electron chi connectivity index (χ2n) is 12.8. The number of rotatable bonds is 5. The average molecular weight is 849 g/mol. The van der Waals surface area contributed by atoms with Crippen molar-refractivity contribution in [3.63, 3.8) is 0 Å². The zero-order valence-corrected chi connectivity index (χ0v) is 30.0. The first-order valence-electron chi connectivity index (χ1n) is 17.0. The molecule has 7 aromatic carbocycles. The Labute approximate surface area is 314 Å². The molecule has 0 bridgehead atoms. The predicted octanol–water partition coefficient (Wildman–Crippen LogP) is 11.2. The van der Waals surface area contributed by atoms with Crippen LogP contribution in [0.15, 0.2) is 170 Å². The number of benzene rings is 7. The van der Waals surface area contributed by atoms with Crippen LogP contribution in [0, 0.1) is 0 Å². The van der Waals surface area contributed by atoms with Crippen LogP contribution in [0.25, 0.3) is 94.3 Å². The molecular weight excluding hydrogens is 820 g/mol. The van der Waals surface area contributed by atoms with E-state index in [1.165, 1.54) is 0 Å². The maximum Gasteiger partial charge on any atom is 0.144 e. The molecule has 1 N–H and O–H groups in total. The summed E-state index contributed by atoms with van der Waals surface area (Å²) in [5, 5.41) is 14.2. The van der Waals surface area contributed by atoms with E-state index >= 15 is 0 Å². The minimum atomic E-state index is 0. The third-order valence-corrected chi connectivity index (χ3v) is 9.78. The number of hydrogen-bond acceptors (Lipinski definition) is 3. The van der Waals surface area contributed by atoms with E-state index in [-0.39, 0.29) is 26.8 Å². The van der Waals surface area contributed by atoms with Gasteiger partial charge in [-0.1, -0.05) is 140 Å². The number of nitrogens with zero attached hydrogens (tertiary/aromatic N) is 4. The molecule has 0 aliphatic rings. The Kier molecular flexibility index (Phi) is 7.79. The van der Waals surface area contributed by atoms with Crippen LogP contribution in [-0.2, 0) is 21.1 Å². The zero-order valence-electron chi connectivity index (χ0n) is 27.7. The van der Waals surface area contributed by atoms with E-state index in [9.17, 15) is 5.11 Å². The molecule has 0 fully saturated rings. The first kappa shape index (κ1) is 31.7. The number of phenolic OH excluding ortho intramolecular Hbond substituents is 1. The Morgan fingerprint density at radius 2 is 1.13 bits per heavy atom. The van der Waals surface area contributed by atoms with E-state index in [1.54, 1.807) is 6.07 Å². The normalized spacial score (nSPS) is 11.4. The molecule has 10 rings (SSSR count). The number of imidazole rings is 1. The topological polar surface area (TPSA) is 65.0 Å². The van der Waals surface area contributed by atoms with Crippen LogP contribution in [0.3, 0.4) is 0 Å². The summed E-state index contributed by atoms with van der Waals surface area (Å²) in [6.45, 7) is 0.